The SMILES string of the molecule is Cc1cc(CN2CCC3(CC2)c2ccccc2[C@H](N(C)C)[C@H]3O)n(C)n1. The molecule has 1 aromatic heterocycles. The number of likely N-dealkylation sites (N-methyl/N-ethyl adjacent to an activating group) is 1. The Labute approximate surface area is 156 Å². The highest BCUT2D eigenvalue weighted by molar-refractivity contribution is 5.45. The Morgan fingerprint density at radius 2 is 1.92 bits per heavy atom. The predicted octanol–water partition coefficient (Wildman–Crippen LogP) is 2.24. The third-order valence-corrected chi connectivity index (χ3v) is 6.47. The molecule has 2 atom stereocenters. The molecule has 1 N–H and O–H groups in total. The van der Waals surface area contributed by atoms with Crippen molar-refractivity contribution in [2.75, 3.05) is 27.2 Å². The lowest BCUT2D eigenvalue weighted by atomic mass is 9.72. The third kappa shape index (κ3) is 2.70. The van der Waals surface area contributed by atoms with Crippen molar-refractivity contribution in [2.24, 2.45) is 7.05 Å². The average molecular weight is 354 g/mol. The van der Waals surface area contributed by atoms with Crippen molar-refractivity contribution in [2.45, 2.75) is 43.9 Å². The van der Waals surface area contributed by atoms with E-state index in [0.717, 1.165) is 38.2 Å². The van der Waals surface area contributed by atoms with Crippen molar-refractivity contribution in [3.05, 3.63) is 52.8 Å². The number of aromatic nitrogens is 2. The van der Waals surface area contributed by atoms with Gasteiger partial charge < -0.3 is 10.0 Å². The number of fused-ring (bicyclic) bond motifs is 2. The molecule has 4 rings (SSSR count). The van der Waals surface area contributed by atoms with Crippen LogP contribution in [0.25, 0.3) is 0 Å². The number of likely N-dealkylation sites (tertiary alicyclic amines) is 1. The second-order valence-corrected chi connectivity index (χ2v) is 8.27. The number of aliphatic hydroxyl groups excluding tert-OH is 1. The summed E-state index contributed by atoms with van der Waals surface area (Å²) in [6.45, 7) is 5.00. The van der Waals surface area contributed by atoms with E-state index in [9.17, 15) is 5.11 Å². The molecule has 1 fully saturated rings. The molecule has 26 heavy (non-hydrogen) atoms. The molecule has 2 aliphatic rings. The van der Waals surface area contributed by atoms with Gasteiger partial charge in [0.2, 0.25) is 0 Å². The summed E-state index contributed by atoms with van der Waals surface area (Å²) in [5.41, 5.74) is 4.90. The fourth-order valence-corrected chi connectivity index (χ4v) is 5.12. The molecule has 0 radical (unpaired) electrons. The van der Waals surface area contributed by atoms with E-state index in [4.69, 9.17) is 0 Å². The van der Waals surface area contributed by atoms with E-state index in [1.165, 1.54) is 16.8 Å². The lowest BCUT2D eigenvalue weighted by Gasteiger charge is -2.43. The topological polar surface area (TPSA) is 44.5 Å². The molecule has 0 saturated carbocycles. The van der Waals surface area contributed by atoms with Crippen molar-refractivity contribution in [1.29, 1.82) is 0 Å². The summed E-state index contributed by atoms with van der Waals surface area (Å²) in [5, 5.41) is 15.8. The van der Waals surface area contributed by atoms with Crippen LogP contribution in [0.1, 0.15) is 41.4 Å². The zero-order valence-electron chi connectivity index (χ0n) is 16.3. The van der Waals surface area contributed by atoms with E-state index < -0.39 is 0 Å². The second-order valence-electron chi connectivity index (χ2n) is 8.27. The Hall–Kier alpha value is -1.69. The van der Waals surface area contributed by atoms with E-state index in [0.29, 0.717) is 0 Å². The number of aryl methyl sites for hydroxylation is 2. The van der Waals surface area contributed by atoms with Gasteiger partial charge in [-0.1, -0.05) is 24.3 Å². The number of rotatable bonds is 3. The number of hydrogen-bond donors (Lipinski definition) is 1. The molecule has 1 aromatic carbocycles. The minimum atomic E-state index is -0.337. The Balaban J connectivity index is 1.55. The van der Waals surface area contributed by atoms with Gasteiger partial charge in [-0.3, -0.25) is 9.58 Å². The third-order valence-electron chi connectivity index (χ3n) is 6.47. The normalized spacial score (nSPS) is 25.2. The van der Waals surface area contributed by atoms with E-state index in [-0.39, 0.29) is 17.6 Å². The Morgan fingerprint density at radius 1 is 1.23 bits per heavy atom. The van der Waals surface area contributed by atoms with Gasteiger partial charge in [-0.05, 0) is 64.1 Å². The highest BCUT2D eigenvalue weighted by Crippen LogP contribution is 2.52. The van der Waals surface area contributed by atoms with Crippen molar-refractivity contribution < 1.29 is 5.11 Å². The van der Waals surface area contributed by atoms with Crippen LogP contribution in [-0.4, -0.2) is 58.0 Å². The summed E-state index contributed by atoms with van der Waals surface area (Å²) in [7, 11) is 6.17. The van der Waals surface area contributed by atoms with Crippen LogP contribution < -0.4 is 0 Å². The van der Waals surface area contributed by atoms with Crippen LogP contribution in [0.2, 0.25) is 0 Å². The zero-order chi connectivity index (χ0) is 18.5. The molecule has 0 amide bonds. The summed E-state index contributed by atoms with van der Waals surface area (Å²) in [6.07, 6.45) is 1.68. The molecular weight excluding hydrogens is 324 g/mol. The van der Waals surface area contributed by atoms with Gasteiger partial charge in [0.05, 0.1) is 23.5 Å². The smallest absolute Gasteiger partial charge is 0.0834 e. The van der Waals surface area contributed by atoms with Gasteiger partial charge in [-0.25, -0.2) is 0 Å². The van der Waals surface area contributed by atoms with Gasteiger partial charge in [0.1, 0.15) is 0 Å². The van der Waals surface area contributed by atoms with E-state index >= 15 is 0 Å². The number of hydrogen-bond acceptors (Lipinski definition) is 4. The first-order valence-corrected chi connectivity index (χ1v) is 9.58. The standard InChI is InChI=1S/C21H30N4O/c1-15-13-16(24(4)22-15)14-25-11-9-21(10-12-25)18-8-6-5-7-17(18)19(20(21)26)23(2)3/h5-8,13,19-20,26H,9-12,14H2,1-4H3/t19-,20+/m0/s1. The van der Waals surface area contributed by atoms with Crippen LogP contribution in [0.3, 0.4) is 0 Å². The maximum Gasteiger partial charge on any atom is 0.0834 e. The van der Waals surface area contributed by atoms with Crippen LogP contribution >= 0.6 is 0 Å². The second kappa shape index (κ2) is 6.48. The van der Waals surface area contributed by atoms with Gasteiger partial charge in [-0.15, -0.1) is 0 Å². The number of nitrogens with zero attached hydrogens (tertiary/aromatic N) is 4. The van der Waals surface area contributed by atoms with E-state index in [1.807, 2.05) is 18.7 Å². The fourth-order valence-electron chi connectivity index (χ4n) is 5.12. The molecule has 0 unspecified atom stereocenters. The van der Waals surface area contributed by atoms with Crippen molar-refractivity contribution in [3.63, 3.8) is 0 Å². The van der Waals surface area contributed by atoms with Crippen LogP contribution in [-0.2, 0) is 19.0 Å². The monoisotopic (exact) mass is 354 g/mol. The van der Waals surface area contributed by atoms with Crippen LogP contribution in [0.5, 0.6) is 0 Å². The molecule has 5 heteroatoms. The minimum absolute atomic E-state index is 0.0949. The largest absolute Gasteiger partial charge is 0.390 e. The maximum atomic E-state index is 11.3. The molecule has 5 nitrogen and oxygen atoms in total. The number of piperidine rings is 1. The average Bonchev–Trinajstić information content (AvgIpc) is 3.05. The molecule has 1 aliphatic heterocycles. The first-order chi connectivity index (χ1) is 12.4. The van der Waals surface area contributed by atoms with Crippen molar-refractivity contribution >= 4 is 0 Å². The quantitative estimate of drug-likeness (QED) is 0.918. The van der Waals surface area contributed by atoms with Crippen LogP contribution in [0, 0.1) is 6.92 Å². The number of benzene rings is 1. The summed E-state index contributed by atoms with van der Waals surface area (Å²) in [5.74, 6) is 0. The van der Waals surface area contributed by atoms with E-state index in [2.05, 4.69) is 59.3 Å². The maximum absolute atomic E-state index is 11.3. The van der Waals surface area contributed by atoms with Crippen molar-refractivity contribution in [3.8, 4) is 0 Å². The Bertz CT molecular complexity index is 789. The molecule has 140 valence electrons. The van der Waals surface area contributed by atoms with Gasteiger partial charge >= 0.3 is 0 Å². The van der Waals surface area contributed by atoms with Crippen LogP contribution in [0.15, 0.2) is 30.3 Å². The molecule has 0 bridgehead atoms. The first kappa shape index (κ1) is 17.7. The molecule has 1 saturated heterocycles. The summed E-state index contributed by atoms with van der Waals surface area (Å²) in [6, 6.07) is 10.9. The Morgan fingerprint density at radius 3 is 2.54 bits per heavy atom. The predicted molar refractivity (Wildman–Crippen MR) is 103 cm³/mol. The zero-order valence-corrected chi connectivity index (χ0v) is 16.3. The lowest BCUT2D eigenvalue weighted by Crippen LogP contribution is -2.49. The minimum Gasteiger partial charge on any atom is -0.390 e. The fraction of sp³-hybridized carbons (Fsp3) is 0.571. The lowest BCUT2D eigenvalue weighted by molar-refractivity contribution is -0.00421. The highest BCUT2D eigenvalue weighted by Gasteiger charge is 2.53. The van der Waals surface area contributed by atoms with E-state index in [1.54, 1.807) is 0 Å². The van der Waals surface area contributed by atoms with Gasteiger partial charge in [-0.2, -0.15) is 5.10 Å². The highest BCUT2D eigenvalue weighted by atomic mass is 16.3. The molecule has 1 aliphatic carbocycles. The molecule has 2 aromatic rings. The van der Waals surface area contributed by atoms with Gasteiger partial charge in [0, 0.05) is 19.0 Å². The summed E-state index contributed by atoms with van der Waals surface area (Å²) in [4.78, 5) is 4.67. The molecule has 1 spiro atoms. The molecular formula is C21H30N4O. The number of aliphatic hydroxyl groups is 1. The van der Waals surface area contributed by atoms with Crippen molar-refractivity contribution in [1.82, 2.24) is 19.6 Å². The van der Waals surface area contributed by atoms with Gasteiger partial charge in [0.25, 0.3) is 0 Å². The molecule has 2 heterocycles. The van der Waals surface area contributed by atoms with Gasteiger partial charge in [0.15, 0.2) is 0 Å². The summed E-state index contributed by atoms with van der Waals surface area (Å²) >= 11 is 0. The van der Waals surface area contributed by atoms with Crippen LogP contribution in [0.4, 0.5) is 0 Å². The summed E-state index contributed by atoms with van der Waals surface area (Å²) < 4.78 is 1.99. The first-order valence-electron chi connectivity index (χ1n) is 9.58. The Kier molecular flexibility index (Phi) is 4.41.